The zero-order valence-electron chi connectivity index (χ0n) is 7.51. The monoisotopic (exact) mass is 249 g/mol. The van der Waals surface area contributed by atoms with E-state index in [1.54, 1.807) is 6.07 Å². The van der Waals surface area contributed by atoms with Crippen molar-refractivity contribution in [1.82, 2.24) is 0 Å². The Morgan fingerprint density at radius 2 is 2.06 bits per heavy atom. The molecule has 0 aromatic heterocycles. The molecule has 3 nitrogen and oxygen atoms in total. The van der Waals surface area contributed by atoms with Crippen LogP contribution in [0.15, 0.2) is 18.2 Å². The fourth-order valence-corrected chi connectivity index (χ4v) is 1.23. The zero-order chi connectivity index (χ0) is 12.3. The van der Waals surface area contributed by atoms with Gasteiger partial charge in [-0.15, -0.1) is 13.2 Å². The van der Waals surface area contributed by atoms with Crippen LogP contribution in [-0.4, -0.2) is 11.6 Å². The van der Waals surface area contributed by atoms with Crippen LogP contribution in [0.5, 0.6) is 5.75 Å². The van der Waals surface area contributed by atoms with Gasteiger partial charge in [0.1, 0.15) is 11.8 Å². The van der Waals surface area contributed by atoms with Gasteiger partial charge < -0.3 is 4.74 Å². The van der Waals surface area contributed by atoms with Crippen molar-refractivity contribution >= 4 is 16.8 Å². The summed E-state index contributed by atoms with van der Waals surface area (Å²) in [5.74, 6) is -0.786. The van der Waals surface area contributed by atoms with Gasteiger partial charge in [0.05, 0.1) is 11.1 Å². The Morgan fingerprint density at radius 3 is 2.50 bits per heavy atom. The topological polar surface area (TPSA) is 50.1 Å². The van der Waals surface area contributed by atoms with Gasteiger partial charge in [-0.2, -0.15) is 5.26 Å². The largest absolute Gasteiger partial charge is 0.573 e. The first-order valence-corrected chi connectivity index (χ1v) is 4.21. The number of nitriles is 1. The van der Waals surface area contributed by atoms with Crippen molar-refractivity contribution in [3.63, 3.8) is 0 Å². The summed E-state index contributed by atoms with van der Waals surface area (Å²) < 4.78 is 39.5. The molecule has 0 atom stereocenters. The minimum Gasteiger partial charge on any atom is -0.405 e. The minimum absolute atomic E-state index is 0.276. The molecule has 0 saturated carbocycles. The van der Waals surface area contributed by atoms with Crippen molar-refractivity contribution in [2.24, 2.45) is 0 Å². The van der Waals surface area contributed by atoms with Gasteiger partial charge in [0.2, 0.25) is 0 Å². The van der Waals surface area contributed by atoms with E-state index >= 15 is 0 Å². The van der Waals surface area contributed by atoms with Gasteiger partial charge in [-0.05, 0) is 23.7 Å². The predicted octanol–water partition coefficient (Wildman–Crippen LogP) is 2.84. The molecule has 1 rings (SSSR count). The third kappa shape index (κ3) is 2.87. The number of carbonyl (C=O) groups excluding carboxylic acids is 1. The van der Waals surface area contributed by atoms with Crippen LogP contribution in [0.3, 0.4) is 0 Å². The normalized spacial score (nSPS) is 10.7. The average molecular weight is 250 g/mol. The van der Waals surface area contributed by atoms with Crippen LogP contribution < -0.4 is 4.74 Å². The number of alkyl halides is 3. The molecule has 0 saturated heterocycles. The maximum absolute atomic E-state index is 12.0. The number of rotatable bonds is 2. The van der Waals surface area contributed by atoms with Gasteiger partial charge >= 0.3 is 6.36 Å². The van der Waals surface area contributed by atoms with E-state index in [4.69, 9.17) is 16.9 Å². The lowest BCUT2D eigenvalue weighted by atomic mass is 10.1. The average Bonchev–Trinajstić information content (AvgIpc) is 2.14. The van der Waals surface area contributed by atoms with Crippen molar-refractivity contribution in [3.05, 3.63) is 29.3 Å². The van der Waals surface area contributed by atoms with E-state index in [0.717, 1.165) is 12.1 Å². The smallest absolute Gasteiger partial charge is 0.405 e. The molecule has 0 fully saturated rings. The second-order valence-corrected chi connectivity index (χ2v) is 2.96. The molecular weight excluding hydrogens is 247 g/mol. The molecule has 1 aromatic carbocycles. The molecule has 0 aliphatic rings. The molecule has 1 aromatic rings. The van der Waals surface area contributed by atoms with E-state index in [2.05, 4.69) is 4.74 Å². The Hall–Kier alpha value is -1.74. The fourth-order valence-electron chi connectivity index (χ4n) is 1.04. The Labute approximate surface area is 93.0 Å². The van der Waals surface area contributed by atoms with E-state index in [1.165, 1.54) is 6.07 Å². The summed E-state index contributed by atoms with van der Waals surface area (Å²) in [6.07, 6.45) is -4.95. The van der Waals surface area contributed by atoms with Gasteiger partial charge in [0, 0.05) is 0 Å². The lowest BCUT2D eigenvalue weighted by Gasteiger charge is -2.11. The molecule has 0 radical (unpaired) electrons. The number of hydrogen-bond acceptors (Lipinski definition) is 3. The van der Waals surface area contributed by atoms with E-state index in [1.807, 2.05) is 0 Å². The van der Waals surface area contributed by atoms with Crippen molar-refractivity contribution in [1.29, 1.82) is 5.26 Å². The lowest BCUT2D eigenvalue weighted by molar-refractivity contribution is -0.274. The van der Waals surface area contributed by atoms with Gasteiger partial charge in [-0.1, -0.05) is 6.07 Å². The molecule has 0 aliphatic heterocycles. The molecule has 0 N–H and O–H groups in total. The van der Waals surface area contributed by atoms with E-state index in [9.17, 15) is 18.0 Å². The highest BCUT2D eigenvalue weighted by molar-refractivity contribution is 6.68. The van der Waals surface area contributed by atoms with Gasteiger partial charge in [-0.3, -0.25) is 4.79 Å². The van der Waals surface area contributed by atoms with Crippen molar-refractivity contribution in [2.75, 3.05) is 0 Å². The molecule has 7 heteroatoms. The zero-order valence-corrected chi connectivity index (χ0v) is 8.26. The summed E-state index contributed by atoms with van der Waals surface area (Å²) in [6, 6.07) is 4.78. The highest BCUT2D eigenvalue weighted by Gasteiger charge is 2.33. The van der Waals surface area contributed by atoms with E-state index in [0.29, 0.717) is 0 Å². The van der Waals surface area contributed by atoms with Crippen LogP contribution in [0, 0.1) is 11.3 Å². The molecular formula is C9H3ClF3NO2. The summed E-state index contributed by atoms with van der Waals surface area (Å²) >= 11 is 5.08. The minimum atomic E-state index is -4.95. The summed E-state index contributed by atoms with van der Waals surface area (Å²) in [5.41, 5.74) is -0.870. The van der Waals surface area contributed by atoms with Crippen molar-refractivity contribution < 1.29 is 22.7 Å². The van der Waals surface area contributed by atoms with Crippen LogP contribution in [0.25, 0.3) is 0 Å². The molecule has 0 unspecified atom stereocenters. The van der Waals surface area contributed by atoms with Crippen LogP contribution in [0.4, 0.5) is 13.2 Å². The number of carbonyl (C=O) groups is 1. The molecule has 0 heterocycles. The first-order chi connectivity index (χ1) is 7.35. The SMILES string of the molecule is N#Cc1cccc(OC(F)(F)F)c1C(=O)Cl. The Bertz CT molecular complexity index is 465. The number of hydrogen-bond donors (Lipinski definition) is 0. The van der Waals surface area contributed by atoms with Crippen LogP contribution in [-0.2, 0) is 0 Å². The molecule has 84 valence electrons. The summed E-state index contributed by atoms with van der Waals surface area (Å²) in [4.78, 5) is 10.9. The maximum Gasteiger partial charge on any atom is 0.573 e. The standard InChI is InChI=1S/C9H3ClF3NO2/c10-8(15)7-5(4-14)2-1-3-6(7)16-9(11,12)13/h1-3H. The first-order valence-electron chi connectivity index (χ1n) is 3.84. The van der Waals surface area contributed by atoms with Crippen molar-refractivity contribution in [2.45, 2.75) is 6.36 Å². The van der Waals surface area contributed by atoms with Crippen molar-refractivity contribution in [3.8, 4) is 11.8 Å². The molecule has 0 aliphatic carbocycles. The summed E-state index contributed by atoms with van der Waals surface area (Å²) in [7, 11) is 0. The first kappa shape index (κ1) is 12.3. The fraction of sp³-hybridized carbons (Fsp3) is 0.111. The van der Waals surface area contributed by atoms with Gasteiger partial charge in [0.15, 0.2) is 0 Å². The second kappa shape index (κ2) is 4.41. The number of ether oxygens (including phenoxy) is 1. The third-order valence-electron chi connectivity index (χ3n) is 1.57. The van der Waals surface area contributed by atoms with Crippen LogP contribution >= 0.6 is 11.6 Å². The van der Waals surface area contributed by atoms with E-state index in [-0.39, 0.29) is 5.56 Å². The van der Waals surface area contributed by atoms with Crippen LogP contribution in [0.1, 0.15) is 15.9 Å². The van der Waals surface area contributed by atoms with Gasteiger partial charge in [-0.25, -0.2) is 0 Å². The second-order valence-electron chi connectivity index (χ2n) is 2.61. The number of halogens is 4. The number of benzene rings is 1. The molecule has 0 amide bonds. The Balaban J connectivity index is 3.30. The predicted molar refractivity (Wildman–Crippen MR) is 48.0 cm³/mol. The Kier molecular flexibility index (Phi) is 3.40. The molecule has 16 heavy (non-hydrogen) atoms. The third-order valence-corrected chi connectivity index (χ3v) is 1.76. The highest BCUT2D eigenvalue weighted by atomic mass is 35.5. The summed E-state index contributed by atoms with van der Waals surface area (Å²) in [6.45, 7) is 0. The lowest BCUT2D eigenvalue weighted by Crippen LogP contribution is -2.19. The molecule has 0 spiro atoms. The maximum atomic E-state index is 12.0. The Morgan fingerprint density at radius 1 is 1.44 bits per heavy atom. The van der Waals surface area contributed by atoms with Crippen LogP contribution in [0.2, 0.25) is 0 Å². The highest BCUT2D eigenvalue weighted by Crippen LogP contribution is 2.29. The van der Waals surface area contributed by atoms with Gasteiger partial charge in [0.25, 0.3) is 5.24 Å². The number of nitrogens with zero attached hydrogens (tertiary/aromatic N) is 1. The van der Waals surface area contributed by atoms with E-state index < -0.39 is 22.9 Å². The molecule has 0 bridgehead atoms. The summed E-state index contributed by atoms with van der Waals surface area (Å²) in [5, 5.41) is 7.41. The quantitative estimate of drug-likeness (QED) is 0.757.